The summed E-state index contributed by atoms with van der Waals surface area (Å²) in [6.07, 6.45) is 8.85. The third kappa shape index (κ3) is 4.89. The van der Waals surface area contributed by atoms with Crippen LogP contribution in [0.5, 0.6) is 5.75 Å². The maximum atomic E-state index is 11.8. The molecule has 37 heavy (non-hydrogen) atoms. The Morgan fingerprint density at radius 3 is 2.81 bits per heavy atom. The number of hydrogen-bond acceptors (Lipinski definition) is 5. The number of carbonyl (C=O) groups is 1. The molecule has 0 amide bonds. The smallest absolute Gasteiger partial charge is 0.305 e. The van der Waals surface area contributed by atoms with Crippen LogP contribution in [-0.4, -0.2) is 37.4 Å². The van der Waals surface area contributed by atoms with Crippen LogP contribution < -0.4 is 4.74 Å². The van der Waals surface area contributed by atoms with Crippen LogP contribution in [0.4, 0.5) is 0 Å². The molecule has 2 aromatic carbocycles. The number of rotatable bonds is 8. The molecular weight excluding hydrogens is 464 g/mol. The van der Waals surface area contributed by atoms with Gasteiger partial charge in [0.15, 0.2) is 0 Å². The first-order chi connectivity index (χ1) is 18.1. The van der Waals surface area contributed by atoms with Gasteiger partial charge in [0.25, 0.3) is 0 Å². The highest BCUT2D eigenvalue weighted by Gasteiger charge is 2.21. The lowest BCUT2D eigenvalue weighted by Gasteiger charge is -2.18. The summed E-state index contributed by atoms with van der Waals surface area (Å²) < 4.78 is 7.82. The Labute approximate surface area is 214 Å². The van der Waals surface area contributed by atoms with E-state index in [-0.39, 0.29) is 6.42 Å². The van der Waals surface area contributed by atoms with Crippen LogP contribution in [0.15, 0.2) is 73.1 Å². The van der Waals surface area contributed by atoms with Crippen molar-refractivity contribution < 1.29 is 14.6 Å². The molecule has 0 saturated heterocycles. The molecule has 0 aliphatic heterocycles. The van der Waals surface area contributed by atoms with E-state index in [9.17, 15) is 9.90 Å². The van der Waals surface area contributed by atoms with Crippen LogP contribution in [0.3, 0.4) is 0 Å². The highest BCUT2D eigenvalue weighted by molar-refractivity contribution is 5.82. The molecule has 1 aliphatic rings. The number of nitrogens with zero attached hydrogens (tertiary/aromatic N) is 4. The first-order valence-corrected chi connectivity index (χ1v) is 12.8. The molecule has 3 aromatic heterocycles. The predicted molar refractivity (Wildman–Crippen MR) is 142 cm³/mol. The van der Waals surface area contributed by atoms with Gasteiger partial charge in [-0.15, -0.1) is 0 Å². The Balaban J connectivity index is 1.21. The molecule has 0 fully saturated rings. The summed E-state index contributed by atoms with van der Waals surface area (Å²) in [5.74, 6) is -0.135. The molecule has 7 heteroatoms. The van der Waals surface area contributed by atoms with Gasteiger partial charge in [-0.25, -0.2) is 0 Å². The number of carboxylic acid groups (broad SMARTS) is 1. The van der Waals surface area contributed by atoms with E-state index in [2.05, 4.69) is 22.2 Å². The maximum absolute atomic E-state index is 11.8. The second-order valence-corrected chi connectivity index (χ2v) is 9.60. The minimum absolute atomic E-state index is 0.0944. The highest BCUT2D eigenvalue weighted by atomic mass is 16.5. The minimum Gasteiger partial charge on any atom is -0.493 e. The number of hydrogen-bond donors (Lipinski definition) is 1. The second kappa shape index (κ2) is 10.0. The van der Waals surface area contributed by atoms with E-state index in [1.54, 1.807) is 17.1 Å². The van der Waals surface area contributed by atoms with E-state index in [0.29, 0.717) is 6.61 Å². The van der Waals surface area contributed by atoms with Gasteiger partial charge < -0.3 is 9.84 Å². The van der Waals surface area contributed by atoms with Gasteiger partial charge in [-0.2, -0.15) is 5.10 Å². The maximum Gasteiger partial charge on any atom is 0.305 e. The fraction of sp³-hybridized carbons (Fsp3) is 0.267. The fourth-order valence-corrected chi connectivity index (χ4v) is 5.19. The lowest BCUT2D eigenvalue weighted by molar-refractivity contribution is -0.137. The SMILES string of the molecule is O=C(O)CC(c1cnc2ccccc2c1)n1ncc2cc(OCCc3ccc4c(n3)CCCC4)ccc21. The number of aromatic nitrogens is 4. The summed E-state index contributed by atoms with van der Waals surface area (Å²) in [5.41, 5.74) is 6.23. The normalized spacial score (nSPS) is 13.9. The lowest BCUT2D eigenvalue weighted by atomic mass is 9.96. The van der Waals surface area contributed by atoms with Crippen molar-refractivity contribution in [2.75, 3.05) is 6.61 Å². The van der Waals surface area contributed by atoms with E-state index in [1.807, 2.05) is 48.5 Å². The van der Waals surface area contributed by atoms with Crippen LogP contribution in [0, 0.1) is 0 Å². The largest absolute Gasteiger partial charge is 0.493 e. The van der Waals surface area contributed by atoms with Gasteiger partial charge in [0.05, 0.1) is 36.3 Å². The van der Waals surface area contributed by atoms with E-state index in [0.717, 1.165) is 58.1 Å². The van der Waals surface area contributed by atoms with Crippen molar-refractivity contribution in [3.63, 3.8) is 0 Å². The van der Waals surface area contributed by atoms with Crippen molar-refractivity contribution in [1.29, 1.82) is 0 Å². The van der Waals surface area contributed by atoms with Crippen LogP contribution in [-0.2, 0) is 24.1 Å². The Hall–Kier alpha value is -4.26. The number of carboxylic acids is 1. The number of benzene rings is 2. The molecule has 1 aliphatic carbocycles. The molecule has 7 nitrogen and oxygen atoms in total. The van der Waals surface area contributed by atoms with E-state index in [4.69, 9.17) is 9.72 Å². The quantitative estimate of drug-likeness (QED) is 0.306. The van der Waals surface area contributed by atoms with Gasteiger partial charge >= 0.3 is 5.97 Å². The summed E-state index contributed by atoms with van der Waals surface area (Å²) in [6, 6.07) is 19.5. The zero-order valence-electron chi connectivity index (χ0n) is 20.5. The lowest BCUT2D eigenvalue weighted by Crippen LogP contribution is -2.16. The van der Waals surface area contributed by atoms with Gasteiger partial charge in [-0.05, 0) is 73.2 Å². The van der Waals surface area contributed by atoms with Gasteiger partial charge in [0.2, 0.25) is 0 Å². The average molecular weight is 493 g/mol. The van der Waals surface area contributed by atoms with Crippen LogP contribution >= 0.6 is 0 Å². The van der Waals surface area contributed by atoms with Gasteiger partial charge in [0.1, 0.15) is 5.75 Å². The molecule has 1 atom stereocenters. The molecule has 0 radical (unpaired) electrons. The molecule has 5 aromatic rings. The van der Waals surface area contributed by atoms with Crippen molar-refractivity contribution in [3.8, 4) is 5.75 Å². The van der Waals surface area contributed by atoms with E-state index in [1.165, 1.54) is 24.1 Å². The van der Waals surface area contributed by atoms with Gasteiger partial charge in [-0.3, -0.25) is 19.4 Å². The van der Waals surface area contributed by atoms with Crippen LogP contribution in [0.1, 0.15) is 47.8 Å². The summed E-state index contributed by atoms with van der Waals surface area (Å²) >= 11 is 0. The molecule has 1 N–H and O–H groups in total. The molecule has 0 spiro atoms. The van der Waals surface area contributed by atoms with Gasteiger partial charge in [0, 0.05) is 34.8 Å². The van der Waals surface area contributed by atoms with Crippen molar-refractivity contribution in [2.24, 2.45) is 0 Å². The van der Waals surface area contributed by atoms with Crippen molar-refractivity contribution in [2.45, 2.75) is 44.6 Å². The molecular formula is C30H28N4O3. The number of fused-ring (bicyclic) bond motifs is 3. The van der Waals surface area contributed by atoms with E-state index < -0.39 is 12.0 Å². The number of aliphatic carboxylic acids is 1. The third-order valence-corrected chi connectivity index (χ3v) is 7.09. The number of pyridine rings is 2. The average Bonchev–Trinajstić information content (AvgIpc) is 3.34. The predicted octanol–water partition coefficient (Wildman–Crippen LogP) is 5.54. The summed E-state index contributed by atoms with van der Waals surface area (Å²) in [4.78, 5) is 21.1. The molecule has 0 saturated carbocycles. The monoisotopic (exact) mass is 492 g/mol. The van der Waals surface area contributed by atoms with Crippen molar-refractivity contribution >= 4 is 27.8 Å². The van der Waals surface area contributed by atoms with Crippen molar-refractivity contribution in [3.05, 3.63) is 95.6 Å². The van der Waals surface area contributed by atoms with Crippen molar-refractivity contribution in [1.82, 2.24) is 19.7 Å². The molecule has 1 unspecified atom stereocenters. The number of aryl methyl sites for hydroxylation is 2. The summed E-state index contributed by atoms with van der Waals surface area (Å²) in [6.45, 7) is 0.538. The first kappa shape index (κ1) is 23.2. The summed E-state index contributed by atoms with van der Waals surface area (Å²) in [7, 11) is 0. The molecule has 3 heterocycles. The molecule has 0 bridgehead atoms. The van der Waals surface area contributed by atoms with Gasteiger partial charge in [-0.1, -0.05) is 24.3 Å². The zero-order valence-corrected chi connectivity index (χ0v) is 20.5. The molecule has 186 valence electrons. The molecule has 6 rings (SSSR count). The Bertz CT molecular complexity index is 1590. The van der Waals surface area contributed by atoms with Crippen LogP contribution in [0.25, 0.3) is 21.8 Å². The Morgan fingerprint density at radius 1 is 1.00 bits per heavy atom. The Kier molecular flexibility index (Phi) is 6.26. The zero-order chi connectivity index (χ0) is 25.2. The number of para-hydroxylation sites is 1. The first-order valence-electron chi connectivity index (χ1n) is 12.8. The number of ether oxygens (including phenoxy) is 1. The standard InChI is InChI=1S/C30H28N4O3/c35-30(36)17-29(22-15-21-6-2-3-7-26(21)31-18-22)34-28-12-11-25(16-23(28)19-32-34)37-14-13-24-10-9-20-5-1-4-8-27(20)33-24/h2-3,6-7,9-12,15-16,18-19,29H,1,4-5,8,13-14,17H2,(H,35,36). The topological polar surface area (TPSA) is 90.1 Å². The Morgan fingerprint density at radius 2 is 1.89 bits per heavy atom. The second-order valence-electron chi connectivity index (χ2n) is 9.60. The third-order valence-electron chi connectivity index (χ3n) is 7.09. The van der Waals surface area contributed by atoms with E-state index >= 15 is 0 Å². The minimum atomic E-state index is -0.891. The fourth-order valence-electron chi connectivity index (χ4n) is 5.19. The van der Waals surface area contributed by atoms with Crippen LogP contribution in [0.2, 0.25) is 0 Å². The summed E-state index contributed by atoms with van der Waals surface area (Å²) in [5, 5.41) is 16.1. The highest BCUT2D eigenvalue weighted by Crippen LogP contribution is 2.29.